The third-order valence-corrected chi connectivity index (χ3v) is 5.86. The number of carbonyl (C=O) groups is 1. The number of aromatic nitrogens is 4. The van der Waals surface area contributed by atoms with Gasteiger partial charge in [-0.15, -0.1) is 0 Å². The van der Waals surface area contributed by atoms with E-state index in [1.807, 2.05) is 0 Å². The second kappa shape index (κ2) is 9.95. The number of anilines is 1. The third-order valence-electron chi connectivity index (χ3n) is 5.40. The van der Waals surface area contributed by atoms with Crippen molar-refractivity contribution in [1.29, 1.82) is 0 Å². The SMILES string of the molecule is NS(=O)(=O)OC[C@@H]1CC[C@H](Nc2ncncc2C(=O)c2ccn(Cc3ccc(C(F)F)o3)n2)C1. The Bertz CT molecular complexity index is 1260. The van der Waals surface area contributed by atoms with Crippen LogP contribution in [0.4, 0.5) is 14.6 Å². The number of carbonyl (C=O) groups excluding carboxylic acids is 1. The summed E-state index contributed by atoms with van der Waals surface area (Å²) in [7, 11) is -3.99. The van der Waals surface area contributed by atoms with Gasteiger partial charge >= 0.3 is 10.3 Å². The van der Waals surface area contributed by atoms with Crippen LogP contribution in [0.15, 0.2) is 41.3 Å². The fourth-order valence-electron chi connectivity index (χ4n) is 3.82. The highest BCUT2D eigenvalue weighted by atomic mass is 32.2. The van der Waals surface area contributed by atoms with E-state index in [1.165, 1.54) is 35.4 Å². The summed E-state index contributed by atoms with van der Waals surface area (Å²) in [4.78, 5) is 21.2. The molecular weight excluding hydrogens is 474 g/mol. The van der Waals surface area contributed by atoms with Gasteiger partial charge in [-0.05, 0) is 43.4 Å². The quantitative estimate of drug-likeness (QED) is 0.402. The predicted octanol–water partition coefficient (Wildman–Crippen LogP) is 2.28. The van der Waals surface area contributed by atoms with E-state index in [9.17, 15) is 22.0 Å². The zero-order valence-electron chi connectivity index (χ0n) is 17.8. The van der Waals surface area contributed by atoms with E-state index in [0.717, 1.165) is 12.8 Å². The monoisotopic (exact) mass is 496 g/mol. The van der Waals surface area contributed by atoms with Gasteiger partial charge < -0.3 is 9.73 Å². The first kappa shape index (κ1) is 23.9. The fourth-order valence-corrected chi connectivity index (χ4v) is 4.20. The molecule has 11 nitrogen and oxygen atoms in total. The molecular formula is C20H22F2N6O5S. The van der Waals surface area contributed by atoms with Gasteiger partial charge in [-0.2, -0.15) is 13.5 Å². The molecule has 0 unspecified atom stereocenters. The average molecular weight is 496 g/mol. The van der Waals surface area contributed by atoms with Crippen LogP contribution in [0, 0.1) is 5.92 Å². The standard InChI is InChI=1S/C20H22F2N6O5S/c21-19(22)17-4-3-14(33-17)9-28-6-5-16(27-28)18(29)15-8-24-11-25-20(15)26-13-2-1-12(7-13)10-32-34(23,30)31/h3-6,8,11-13,19H,1-2,7,9-10H2,(H2,23,30,31)(H,24,25,26)/t12-,13+/m1/s1. The van der Waals surface area contributed by atoms with Crippen LogP contribution in [0.2, 0.25) is 0 Å². The third kappa shape index (κ3) is 6.01. The van der Waals surface area contributed by atoms with Crippen molar-refractivity contribution in [2.24, 2.45) is 11.1 Å². The number of nitrogens with one attached hydrogen (secondary N) is 1. The Morgan fingerprint density at radius 3 is 2.88 bits per heavy atom. The Morgan fingerprint density at radius 1 is 1.32 bits per heavy atom. The van der Waals surface area contributed by atoms with E-state index < -0.39 is 28.3 Å². The summed E-state index contributed by atoms with van der Waals surface area (Å²) in [6.45, 7) is 0.0823. The van der Waals surface area contributed by atoms with Crippen LogP contribution < -0.4 is 10.5 Å². The number of rotatable bonds is 10. The largest absolute Gasteiger partial charge is 0.458 e. The molecule has 3 heterocycles. The molecule has 1 saturated carbocycles. The molecule has 0 amide bonds. The van der Waals surface area contributed by atoms with Gasteiger partial charge in [0, 0.05) is 18.4 Å². The van der Waals surface area contributed by atoms with Crippen molar-refractivity contribution in [1.82, 2.24) is 19.7 Å². The molecule has 34 heavy (non-hydrogen) atoms. The maximum absolute atomic E-state index is 13.1. The van der Waals surface area contributed by atoms with Crippen molar-refractivity contribution in [3.63, 3.8) is 0 Å². The molecule has 2 atom stereocenters. The van der Waals surface area contributed by atoms with Crippen molar-refractivity contribution in [3.8, 4) is 0 Å². The molecule has 14 heteroatoms. The average Bonchev–Trinajstić information content (AvgIpc) is 3.53. The molecule has 3 aromatic rings. The minimum atomic E-state index is -3.99. The van der Waals surface area contributed by atoms with Gasteiger partial charge in [-0.3, -0.25) is 13.7 Å². The highest BCUT2D eigenvalue weighted by molar-refractivity contribution is 7.84. The summed E-state index contributed by atoms with van der Waals surface area (Å²) in [5.41, 5.74) is 0.347. The maximum atomic E-state index is 13.1. The number of furan rings is 1. The predicted molar refractivity (Wildman–Crippen MR) is 114 cm³/mol. The molecule has 0 aromatic carbocycles. The summed E-state index contributed by atoms with van der Waals surface area (Å²) in [6.07, 6.45) is 3.61. The molecule has 1 aliphatic carbocycles. The van der Waals surface area contributed by atoms with Crippen LogP contribution >= 0.6 is 0 Å². The van der Waals surface area contributed by atoms with E-state index in [-0.39, 0.29) is 42.1 Å². The second-order valence-corrected chi connectivity index (χ2v) is 9.14. The van der Waals surface area contributed by atoms with E-state index in [2.05, 4.69) is 24.6 Å². The zero-order valence-corrected chi connectivity index (χ0v) is 18.6. The number of hydrogen-bond donors (Lipinski definition) is 2. The molecule has 0 bridgehead atoms. The van der Waals surface area contributed by atoms with Gasteiger partial charge in [0.2, 0.25) is 5.78 Å². The Kier molecular flexibility index (Phi) is 7.00. The molecule has 1 aliphatic rings. The number of ketones is 1. The number of hydrogen-bond acceptors (Lipinski definition) is 9. The molecule has 182 valence electrons. The molecule has 0 saturated heterocycles. The van der Waals surface area contributed by atoms with Crippen molar-refractivity contribution >= 4 is 21.9 Å². The number of nitrogens with two attached hydrogens (primary N) is 1. The lowest BCUT2D eigenvalue weighted by Gasteiger charge is -2.15. The number of halogens is 2. The highest BCUT2D eigenvalue weighted by Crippen LogP contribution is 2.29. The van der Waals surface area contributed by atoms with Gasteiger partial charge in [0.05, 0.1) is 18.7 Å². The van der Waals surface area contributed by atoms with Crippen LogP contribution in [0.25, 0.3) is 0 Å². The minimum Gasteiger partial charge on any atom is -0.458 e. The highest BCUT2D eigenvalue weighted by Gasteiger charge is 2.28. The molecule has 1 fully saturated rings. The normalized spacial score (nSPS) is 18.5. The van der Waals surface area contributed by atoms with Gasteiger partial charge in [-0.25, -0.2) is 23.9 Å². The lowest BCUT2D eigenvalue weighted by Crippen LogP contribution is -2.22. The van der Waals surface area contributed by atoms with Crippen LogP contribution in [0.3, 0.4) is 0 Å². The zero-order chi connectivity index (χ0) is 24.3. The van der Waals surface area contributed by atoms with Crippen LogP contribution in [-0.2, 0) is 21.0 Å². The van der Waals surface area contributed by atoms with Gasteiger partial charge in [0.15, 0.2) is 5.76 Å². The molecule has 4 rings (SSSR count). The van der Waals surface area contributed by atoms with Gasteiger partial charge in [-0.1, -0.05) is 0 Å². The summed E-state index contributed by atoms with van der Waals surface area (Å²) < 4.78 is 58.5. The van der Waals surface area contributed by atoms with Crippen LogP contribution in [0.1, 0.15) is 53.3 Å². The first-order valence-electron chi connectivity index (χ1n) is 10.4. The lowest BCUT2D eigenvalue weighted by atomic mass is 10.1. The van der Waals surface area contributed by atoms with E-state index in [4.69, 9.17) is 9.56 Å². The lowest BCUT2D eigenvalue weighted by molar-refractivity contribution is 0.103. The van der Waals surface area contributed by atoms with Crippen LogP contribution in [-0.4, -0.2) is 46.6 Å². The minimum absolute atomic E-state index is 0.000278. The molecule has 0 spiro atoms. The summed E-state index contributed by atoms with van der Waals surface area (Å²) in [5, 5.41) is 12.3. The van der Waals surface area contributed by atoms with E-state index in [1.54, 1.807) is 6.20 Å². The van der Waals surface area contributed by atoms with Gasteiger partial charge in [0.25, 0.3) is 6.43 Å². The Morgan fingerprint density at radius 2 is 2.15 bits per heavy atom. The number of nitrogens with zero attached hydrogens (tertiary/aromatic N) is 4. The van der Waals surface area contributed by atoms with Crippen LogP contribution in [0.5, 0.6) is 0 Å². The van der Waals surface area contributed by atoms with E-state index in [0.29, 0.717) is 12.2 Å². The molecule has 0 radical (unpaired) electrons. The summed E-state index contributed by atoms with van der Waals surface area (Å²) >= 11 is 0. The first-order chi connectivity index (χ1) is 16.2. The molecule has 3 aromatic heterocycles. The first-order valence-corrected chi connectivity index (χ1v) is 11.8. The summed E-state index contributed by atoms with van der Waals surface area (Å²) in [5.74, 6) is -0.229. The molecule has 3 N–H and O–H groups in total. The summed E-state index contributed by atoms with van der Waals surface area (Å²) in [6, 6.07) is 4.09. The number of alkyl halides is 2. The topological polar surface area (TPSA) is 155 Å². The Labute approximate surface area is 193 Å². The van der Waals surface area contributed by atoms with Gasteiger partial charge in [0.1, 0.15) is 23.6 Å². The Hall–Kier alpha value is -3.23. The Balaban J connectivity index is 1.41. The van der Waals surface area contributed by atoms with Crippen molar-refractivity contribution in [3.05, 3.63) is 59.7 Å². The van der Waals surface area contributed by atoms with Crippen molar-refractivity contribution < 1.29 is 30.6 Å². The van der Waals surface area contributed by atoms with Crippen molar-refractivity contribution in [2.75, 3.05) is 11.9 Å². The molecule has 0 aliphatic heterocycles. The smallest absolute Gasteiger partial charge is 0.333 e. The van der Waals surface area contributed by atoms with E-state index >= 15 is 0 Å². The fraction of sp³-hybridized carbons (Fsp3) is 0.400. The van der Waals surface area contributed by atoms with Crippen molar-refractivity contribution in [2.45, 2.75) is 38.3 Å². The second-order valence-electron chi connectivity index (χ2n) is 7.92. The maximum Gasteiger partial charge on any atom is 0.333 e.